The van der Waals surface area contributed by atoms with E-state index in [9.17, 15) is 14.7 Å². The number of aryl methyl sites for hydroxylation is 2. The lowest BCUT2D eigenvalue weighted by atomic mass is 9.85. The molecule has 4 nitrogen and oxygen atoms in total. The molecule has 1 saturated heterocycles. The molecule has 36 heavy (non-hydrogen) atoms. The van der Waals surface area contributed by atoms with E-state index in [-0.39, 0.29) is 28.3 Å². The summed E-state index contributed by atoms with van der Waals surface area (Å²) in [6, 6.07) is 17.8. The van der Waals surface area contributed by atoms with Gasteiger partial charge in [-0.05, 0) is 59.7 Å². The first kappa shape index (κ1) is 26.0. The van der Waals surface area contributed by atoms with Crippen LogP contribution in [0.5, 0.6) is 0 Å². The molecule has 1 fully saturated rings. The Morgan fingerprint density at radius 1 is 0.917 bits per heavy atom. The molecule has 1 unspecified atom stereocenters. The molecule has 6 heteroatoms. The van der Waals surface area contributed by atoms with Crippen LogP contribution in [0.25, 0.3) is 5.76 Å². The van der Waals surface area contributed by atoms with E-state index in [0.29, 0.717) is 10.6 Å². The van der Waals surface area contributed by atoms with Gasteiger partial charge in [-0.3, -0.25) is 9.59 Å². The fraction of sp³-hybridized carbons (Fsp3) is 0.267. The number of carbonyl (C=O) groups is 2. The summed E-state index contributed by atoms with van der Waals surface area (Å²) >= 11 is 12.2. The van der Waals surface area contributed by atoms with Crippen molar-refractivity contribution in [3.63, 3.8) is 0 Å². The van der Waals surface area contributed by atoms with Gasteiger partial charge >= 0.3 is 0 Å². The SMILES string of the molecule is Cc1ccc(C)c(CN2C(=O)C(=O)/C(=C(\O)c3ccc(Cl)c(Cl)c3)C2c2ccc(C(C)(C)C)cc2)c1. The lowest BCUT2D eigenvalue weighted by Gasteiger charge is -2.27. The van der Waals surface area contributed by atoms with Gasteiger partial charge in [0.05, 0.1) is 21.7 Å². The molecule has 1 heterocycles. The number of nitrogens with zero attached hydrogens (tertiary/aromatic N) is 1. The van der Waals surface area contributed by atoms with Crippen molar-refractivity contribution in [2.75, 3.05) is 0 Å². The van der Waals surface area contributed by atoms with Crippen molar-refractivity contribution in [2.24, 2.45) is 0 Å². The lowest BCUT2D eigenvalue weighted by molar-refractivity contribution is -0.140. The largest absolute Gasteiger partial charge is 0.507 e. The maximum absolute atomic E-state index is 13.4. The molecule has 1 aliphatic heterocycles. The molecule has 0 saturated carbocycles. The molecule has 0 spiro atoms. The topological polar surface area (TPSA) is 57.6 Å². The van der Waals surface area contributed by atoms with Gasteiger partial charge in [0.2, 0.25) is 0 Å². The molecule has 186 valence electrons. The summed E-state index contributed by atoms with van der Waals surface area (Å²) in [6.45, 7) is 10.6. The second-order valence-corrected chi connectivity index (χ2v) is 11.2. The summed E-state index contributed by atoms with van der Waals surface area (Å²) < 4.78 is 0. The van der Waals surface area contributed by atoms with Crippen molar-refractivity contribution in [1.82, 2.24) is 4.90 Å². The second-order valence-electron chi connectivity index (χ2n) is 10.4. The highest BCUT2D eigenvalue weighted by Gasteiger charge is 2.46. The summed E-state index contributed by atoms with van der Waals surface area (Å²) in [6.07, 6.45) is 0. The summed E-state index contributed by atoms with van der Waals surface area (Å²) in [4.78, 5) is 28.3. The predicted molar refractivity (Wildman–Crippen MR) is 145 cm³/mol. The zero-order valence-electron chi connectivity index (χ0n) is 21.0. The van der Waals surface area contributed by atoms with E-state index in [1.807, 2.05) is 56.3 Å². The number of likely N-dealkylation sites (tertiary alicyclic amines) is 1. The van der Waals surface area contributed by atoms with Crippen LogP contribution < -0.4 is 0 Å². The molecule has 1 aliphatic rings. The van der Waals surface area contributed by atoms with E-state index in [0.717, 1.165) is 27.8 Å². The fourth-order valence-electron chi connectivity index (χ4n) is 4.51. The minimum absolute atomic E-state index is 0.0344. The number of hydrogen-bond acceptors (Lipinski definition) is 3. The molecule has 0 aliphatic carbocycles. The molecule has 0 radical (unpaired) electrons. The average molecular weight is 522 g/mol. The normalized spacial score (nSPS) is 17.6. The molecular weight excluding hydrogens is 493 g/mol. The third kappa shape index (κ3) is 4.93. The Morgan fingerprint density at radius 2 is 1.58 bits per heavy atom. The summed E-state index contributed by atoms with van der Waals surface area (Å²) in [7, 11) is 0. The maximum atomic E-state index is 13.4. The van der Waals surface area contributed by atoms with Gasteiger partial charge in [0.15, 0.2) is 0 Å². The number of aliphatic hydroxyl groups excluding tert-OH is 1. The van der Waals surface area contributed by atoms with Crippen molar-refractivity contribution in [3.8, 4) is 0 Å². The van der Waals surface area contributed by atoms with E-state index in [1.165, 1.54) is 6.07 Å². The van der Waals surface area contributed by atoms with Gasteiger partial charge in [0.25, 0.3) is 11.7 Å². The highest BCUT2D eigenvalue weighted by atomic mass is 35.5. The molecule has 1 amide bonds. The zero-order valence-corrected chi connectivity index (χ0v) is 22.5. The van der Waals surface area contributed by atoms with Crippen LogP contribution in [-0.4, -0.2) is 21.7 Å². The third-order valence-electron chi connectivity index (χ3n) is 6.67. The van der Waals surface area contributed by atoms with Gasteiger partial charge in [-0.1, -0.05) is 92.0 Å². The molecule has 1 atom stereocenters. The van der Waals surface area contributed by atoms with E-state index in [2.05, 4.69) is 20.8 Å². The van der Waals surface area contributed by atoms with Gasteiger partial charge in [0, 0.05) is 12.1 Å². The van der Waals surface area contributed by atoms with Crippen molar-refractivity contribution >= 4 is 40.7 Å². The van der Waals surface area contributed by atoms with Crippen LogP contribution in [0.2, 0.25) is 10.0 Å². The standard InChI is InChI=1S/C30H29Cl2NO3/c1-17-6-7-18(2)21(14-17)16-33-26(19-8-11-22(12-9-19)30(3,4)5)25(28(35)29(33)36)27(34)20-10-13-23(31)24(32)15-20/h6-15,26,34H,16H2,1-5H3/b27-25-. The Balaban J connectivity index is 1.89. The van der Waals surface area contributed by atoms with Gasteiger partial charge < -0.3 is 10.0 Å². The number of halogens is 2. The molecule has 3 aromatic carbocycles. The first-order chi connectivity index (χ1) is 16.9. The van der Waals surface area contributed by atoms with Gasteiger partial charge in [-0.2, -0.15) is 0 Å². The minimum Gasteiger partial charge on any atom is -0.507 e. The van der Waals surface area contributed by atoms with Gasteiger partial charge in [-0.25, -0.2) is 0 Å². The number of rotatable bonds is 4. The first-order valence-electron chi connectivity index (χ1n) is 11.8. The third-order valence-corrected chi connectivity index (χ3v) is 7.41. The first-order valence-corrected chi connectivity index (χ1v) is 12.5. The summed E-state index contributed by atoms with van der Waals surface area (Å²) in [5.74, 6) is -1.66. The lowest BCUT2D eigenvalue weighted by Crippen LogP contribution is -2.29. The number of carbonyl (C=O) groups excluding carboxylic acids is 2. The highest BCUT2D eigenvalue weighted by Crippen LogP contribution is 2.41. The van der Waals surface area contributed by atoms with Crippen LogP contribution in [0.1, 0.15) is 60.2 Å². The van der Waals surface area contributed by atoms with Crippen LogP contribution >= 0.6 is 23.2 Å². The van der Waals surface area contributed by atoms with Crippen molar-refractivity contribution in [1.29, 1.82) is 0 Å². The van der Waals surface area contributed by atoms with Crippen molar-refractivity contribution in [3.05, 3.63) is 110 Å². The van der Waals surface area contributed by atoms with Crippen molar-refractivity contribution < 1.29 is 14.7 Å². The summed E-state index contributed by atoms with van der Waals surface area (Å²) in [5, 5.41) is 11.9. The number of benzene rings is 3. The Kier molecular flexibility index (Phi) is 7.05. The van der Waals surface area contributed by atoms with E-state index in [1.54, 1.807) is 17.0 Å². The smallest absolute Gasteiger partial charge is 0.295 e. The molecule has 3 aromatic rings. The summed E-state index contributed by atoms with van der Waals surface area (Å²) in [5.41, 5.74) is 5.21. The monoisotopic (exact) mass is 521 g/mol. The van der Waals surface area contributed by atoms with Crippen LogP contribution in [0, 0.1) is 13.8 Å². The van der Waals surface area contributed by atoms with Crippen LogP contribution in [0.15, 0.2) is 66.2 Å². The Hall–Kier alpha value is -3.08. The Labute approximate surface area is 222 Å². The molecular formula is C30H29Cl2NO3. The Bertz CT molecular complexity index is 1380. The van der Waals surface area contributed by atoms with E-state index >= 15 is 0 Å². The quantitative estimate of drug-likeness (QED) is 0.219. The number of aliphatic hydroxyl groups is 1. The number of ketones is 1. The average Bonchev–Trinajstić information content (AvgIpc) is 3.07. The Morgan fingerprint density at radius 3 is 2.19 bits per heavy atom. The van der Waals surface area contributed by atoms with Crippen molar-refractivity contribution in [2.45, 2.75) is 52.6 Å². The molecule has 0 bridgehead atoms. The highest BCUT2D eigenvalue weighted by molar-refractivity contribution is 6.46. The predicted octanol–water partition coefficient (Wildman–Crippen LogP) is 7.53. The van der Waals surface area contributed by atoms with Crippen LogP contribution in [-0.2, 0) is 21.5 Å². The fourth-order valence-corrected chi connectivity index (χ4v) is 4.81. The van der Waals surface area contributed by atoms with Crippen LogP contribution in [0.3, 0.4) is 0 Å². The van der Waals surface area contributed by atoms with Gasteiger partial charge in [0.1, 0.15) is 5.76 Å². The van der Waals surface area contributed by atoms with E-state index < -0.39 is 17.7 Å². The van der Waals surface area contributed by atoms with Gasteiger partial charge in [-0.15, -0.1) is 0 Å². The number of amides is 1. The molecule has 1 N–H and O–H groups in total. The maximum Gasteiger partial charge on any atom is 0.295 e. The number of hydrogen-bond donors (Lipinski definition) is 1. The van der Waals surface area contributed by atoms with E-state index in [4.69, 9.17) is 23.2 Å². The molecule has 4 rings (SSSR count). The van der Waals surface area contributed by atoms with Crippen LogP contribution in [0.4, 0.5) is 0 Å². The zero-order chi connectivity index (χ0) is 26.4. The molecule has 0 aromatic heterocycles. The number of Topliss-reactive ketones (excluding diaryl/α,β-unsaturated/α-hetero) is 1. The minimum atomic E-state index is -0.756. The second kappa shape index (κ2) is 9.76.